The average molecular weight is 639 g/mol. The van der Waals surface area contributed by atoms with E-state index < -0.39 is 10.5 Å². The van der Waals surface area contributed by atoms with Gasteiger partial charge in [0, 0.05) is 24.0 Å². The van der Waals surface area contributed by atoms with Gasteiger partial charge < -0.3 is 9.47 Å². The van der Waals surface area contributed by atoms with Crippen LogP contribution in [0.4, 0.5) is 0 Å². The number of nitrogens with zero attached hydrogens (tertiary/aromatic N) is 4. The Labute approximate surface area is 263 Å². The summed E-state index contributed by atoms with van der Waals surface area (Å²) in [6, 6.07) is 12.0. The monoisotopic (exact) mass is 638 g/mol. The van der Waals surface area contributed by atoms with Crippen molar-refractivity contribution in [1.82, 2.24) is 21.0 Å². The molecule has 2 N–H and O–H groups in total. The summed E-state index contributed by atoms with van der Waals surface area (Å²) in [5, 5.41) is 16.1. The van der Waals surface area contributed by atoms with E-state index in [1.165, 1.54) is 46.0 Å². The molecule has 0 saturated heterocycles. The minimum Gasteiger partial charge on any atom is -0.490 e. The van der Waals surface area contributed by atoms with Gasteiger partial charge in [0.2, 0.25) is 0 Å². The molecular weight excluding hydrogens is 605 g/mol. The van der Waals surface area contributed by atoms with E-state index >= 15 is 0 Å². The third-order valence-corrected chi connectivity index (χ3v) is 10.3. The summed E-state index contributed by atoms with van der Waals surface area (Å²) >= 11 is 3.91. The average Bonchev–Trinajstić information content (AvgIpc) is 3.69. The van der Waals surface area contributed by atoms with Crippen LogP contribution in [0.2, 0.25) is 0 Å². The van der Waals surface area contributed by atoms with E-state index in [1.807, 2.05) is 64.1 Å². The number of carbonyl (C=O) groups is 2. The minimum atomic E-state index is -0.447. The van der Waals surface area contributed by atoms with Gasteiger partial charge >= 0.3 is 0 Å². The highest BCUT2D eigenvalue weighted by Gasteiger charge is 2.22. The zero-order valence-electron chi connectivity index (χ0n) is 24.8. The summed E-state index contributed by atoms with van der Waals surface area (Å²) in [6.45, 7) is 11.3. The van der Waals surface area contributed by atoms with Crippen LogP contribution < -0.4 is 20.3 Å². The smallest absolute Gasteiger partial charge is 0.253 e. The number of rotatable bonds is 10. The lowest BCUT2D eigenvalue weighted by Gasteiger charge is -2.09. The van der Waals surface area contributed by atoms with Gasteiger partial charge in [-0.1, -0.05) is 59.1 Å². The molecule has 1 aromatic heterocycles. The number of hydrogen-bond acceptors (Lipinski definition) is 11. The highest BCUT2D eigenvalue weighted by molar-refractivity contribution is 8.04. The number of thioether (sulfide) groups is 2. The Kier molecular flexibility index (Phi) is 9.72. The zero-order valence-corrected chi connectivity index (χ0v) is 27.3. The summed E-state index contributed by atoms with van der Waals surface area (Å²) in [6.07, 6.45) is 2.14. The molecular formula is C30H34N6O4S3. The van der Waals surface area contributed by atoms with E-state index in [0.29, 0.717) is 20.1 Å². The predicted octanol–water partition coefficient (Wildman–Crippen LogP) is 5.23. The first kappa shape index (κ1) is 31.0. The molecule has 2 aliphatic rings. The minimum absolute atomic E-state index is 0.170. The van der Waals surface area contributed by atoms with Crippen LogP contribution >= 0.6 is 34.9 Å². The topological polar surface area (TPSA) is 127 Å². The molecule has 5 rings (SSSR count). The summed E-state index contributed by atoms with van der Waals surface area (Å²) in [7, 11) is 0. The third-order valence-electron chi connectivity index (χ3n) is 6.99. The molecule has 3 heterocycles. The van der Waals surface area contributed by atoms with Gasteiger partial charge in [0.1, 0.15) is 23.7 Å². The quantitative estimate of drug-likeness (QED) is 0.176. The van der Waals surface area contributed by atoms with Crippen LogP contribution in [0.3, 0.4) is 0 Å². The number of ether oxygens (including phenoxy) is 2. The molecule has 0 radical (unpaired) electrons. The zero-order chi connectivity index (χ0) is 30.7. The molecule has 0 unspecified atom stereocenters. The van der Waals surface area contributed by atoms with Crippen molar-refractivity contribution in [3.63, 3.8) is 0 Å². The highest BCUT2D eigenvalue weighted by atomic mass is 32.2. The molecule has 0 saturated carbocycles. The largest absolute Gasteiger partial charge is 0.490 e. The van der Waals surface area contributed by atoms with E-state index in [9.17, 15) is 9.59 Å². The van der Waals surface area contributed by atoms with Crippen molar-refractivity contribution in [2.24, 2.45) is 10.2 Å². The number of benzene rings is 2. The maximum absolute atomic E-state index is 12.7. The number of nitrogens with one attached hydrogen (secondary N) is 2. The van der Waals surface area contributed by atoms with Crippen molar-refractivity contribution in [2.45, 2.75) is 85.8 Å². The second-order valence-corrected chi connectivity index (χ2v) is 14.8. The van der Waals surface area contributed by atoms with E-state index in [1.54, 1.807) is 13.8 Å². The molecule has 2 amide bonds. The Balaban J connectivity index is 1.09. The predicted molar refractivity (Wildman–Crippen MR) is 172 cm³/mol. The van der Waals surface area contributed by atoms with Gasteiger partial charge in [0.15, 0.2) is 8.68 Å². The number of amides is 2. The molecule has 0 bridgehead atoms. The van der Waals surface area contributed by atoms with Gasteiger partial charge in [-0.25, -0.2) is 10.9 Å². The highest BCUT2D eigenvalue weighted by Crippen LogP contribution is 2.34. The first-order chi connectivity index (χ1) is 20.5. The Morgan fingerprint density at radius 3 is 1.65 bits per heavy atom. The van der Waals surface area contributed by atoms with Gasteiger partial charge in [0.25, 0.3) is 11.8 Å². The molecule has 3 aromatic rings. The van der Waals surface area contributed by atoms with Crippen LogP contribution in [-0.4, -0.2) is 56.1 Å². The van der Waals surface area contributed by atoms with Crippen molar-refractivity contribution in [2.75, 3.05) is 0 Å². The summed E-state index contributed by atoms with van der Waals surface area (Å²) in [4.78, 5) is 25.4. The molecule has 10 nitrogen and oxygen atoms in total. The van der Waals surface area contributed by atoms with Crippen molar-refractivity contribution in [3.8, 4) is 11.5 Å². The fourth-order valence-electron chi connectivity index (χ4n) is 4.54. The van der Waals surface area contributed by atoms with Crippen LogP contribution in [0.15, 0.2) is 55.3 Å². The first-order valence-electron chi connectivity index (χ1n) is 14.0. The lowest BCUT2D eigenvalue weighted by atomic mass is 10.1. The maximum atomic E-state index is 12.7. The van der Waals surface area contributed by atoms with Crippen LogP contribution in [0, 0.1) is 0 Å². The van der Waals surface area contributed by atoms with Crippen molar-refractivity contribution >= 4 is 58.1 Å². The van der Waals surface area contributed by atoms with Gasteiger partial charge in [-0.3, -0.25) is 9.59 Å². The number of hydrogen-bond donors (Lipinski definition) is 2. The fraction of sp³-hybridized carbons (Fsp3) is 0.400. The number of aromatic nitrogens is 2. The molecule has 226 valence electrons. The van der Waals surface area contributed by atoms with Crippen LogP contribution in [0.5, 0.6) is 11.5 Å². The summed E-state index contributed by atoms with van der Waals surface area (Å²) in [5.41, 5.74) is 10.8. The van der Waals surface area contributed by atoms with E-state index in [2.05, 4.69) is 31.3 Å². The Hall–Kier alpha value is -3.42. The lowest BCUT2D eigenvalue weighted by Crippen LogP contribution is -2.27. The molecule has 2 aromatic carbocycles. The van der Waals surface area contributed by atoms with E-state index in [-0.39, 0.29) is 24.0 Å². The summed E-state index contributed by atoms with van der Waals surface area (Å²) < 4.78 is 12.9. The molecule has 4 atom stereocenters. The van der Waals surface area contributed by atoms with Gasteiger partial charge in [0.05, 0.1) is 21.9 Å². The second-order valence-electron chi connectivity index (χ2n) is 10.6. The van der Waals surface area contributed by atoms with Crippen LogP contribution in [0.25, 0.3) is 0 Å². The molecule has 0 fully saturated rings. The first-order valence-corrected chi connectivity index (χ1v) is 16.6. The maximum Gasteiger partial charge on any atom is 0.253 e. The molecule has 0 spiro atoms. The van der Waals surface area contributed by atoms with Crippen LogP contribution in [-0.2, 0) is 22.4 Å². The summed E-state index contributed by atoms with van der Waals surface area (Å²) in [5.74, 6) is 1.25. The standard InChI is InChI=1S/C30H34N6O4S3/c1-15-11-23-9-7-21(13-25(23)39-15)17(3)31-33-27(37)19(5)41-29-35-36-30(43-29)42-20(6)28(38)34-32-18(4)22-8-10-24-12-16(2)40-26(24)14-22/h7-10,13-16,19-20H,11-12H2,1-6H3,(H,33,37)(H,34,38)/b31-17-,32-18-/t15-,16+,19-,20+. The van der Waals surface area contributed by atoms with Crippen molar-refractivity contribution < 1.29 is 19.1 Å². The third kappa shape index (κ3) is 7.76. The molecule has 0 aliphatic carbocycles. The van der Waals surface area contributed by atoms with Gasteiger partial charge in [-0.2, -0.15) is 10.2 Å². The normalized spacial score (nSPS) is 19.1. The lowest BCUT2D eigenvalue weighted by molar-refractivity contribution is -0.121. The number of hydrazone groups is 2. The van der Waals surface area contributed by atoms with Crippen molar-refractivity contribution in [1.29, 1.82) is 0 Å². The number of fused-ring (bicyclic) bond motifs is 2. The SMILES string of the molecule is C/C(=N/NC(=O)[C@H](C)Sc1nnc(S[C@H](C)C(=O)N/N=C(/C)c2ccc3c(c2)O[C@H](C)C3)s1)c1ccc2c(c1)O[C@@H](C)C2. The molecule has 43 heavy (non-hydrogen) atoms. The Bertz CT molecular complexity index is 1480. The van der Waals surface area contributed by atoms with E-state index in [0.717, 1.165) is 35.5 Å². The van der Waals surface area contributed by atoms with Gasteiger partial charge in [-0.05, 0) is 64.8 Å². The van der Waals surface area contributed by atoms with E-state index in [4.69, 9.17) is 9.47 Å². The Morgan fingerprint density at radius 2 is 1.23 bits per heavy atom. The number of carbonyl (C=O) groups excluding carboxylic acids is 2. The second kappa shape index (κ2) is 13.5. The molecule has 13 heteroatoms. The van der Waals surface area contributed by atoms with Gasteiger partial charge in [-0.15, -0.1) is 10.2 Å². The fourth-order valence-corrected chi connectivity index (χ4v) is 7.84. The Morgan fingerprint density at radius 1 is 0.814 bits per heavy atom. The van der Waals surface area contributed by atoms with Crippen LogP contribution in [0.1, 0.15) is 63.8 Å². The van der Waals surface area contributed by atoms with Crippen molar-refractivity contribution in [3.05, 3.63) is 58.7 Å². The molecule has 2 aliphatic heterocycles.